The smallest absolute Gasteiger partial charge is 0.244 e. The molecule has 1 unspecified atom stereocenters. The first-order chi connectivity index (χ1) is 17.0. The van der Waals surface area contributed by atoms with Crippen LogP contribution in [-0.2, 0) is 10.3 Å². The van der Waals surface area contributed by atoms with Crippen molar-refractivity contribution in [2.45, 2.75) is 28.0 Å². The molecule has 2 heterocycles. The van der Waals surface area contributed by atoms with Gasteiger partial charge in [-0.25, -0.2) is 0 Å². The second-order valence-corrected chi connectivity index (χ2v) is 11.2. The fraction of sp³-hybridized carbons (Fsp3) is 0.200. The van der Waals surface area contributed by atoms with E-state index in [-0.39, 0.29) is 17.6 Å². The van der Waals surface area contributed by atoms with Gasteiger partial charge in [0, 0.05) is 22.9 Å². The number of hydrogen-bond donors (Lipinski definition) is 1. The number of likely N-dealkylation sites (tertiary alicyclic amines) is 1. The van der Waals surface area contributed by atoms with Crippen LogP contribution in [-0.4, -0.2) is 34.9 Å². The molecule has 1 saturated heterocycles. The number of fused-ring (bicyclic) bond motifs is 3. The Morgan fingerprint density at radius 3 is 2.46 bits per heavy atom. The predicted molar refractivity (Wildman–Crippen MR) is 140 cm³/mol. The highest BCUT2D eigenvalue weighted by Crippen LogP contribution is 2.67. The molecule has 0 aromatic heterocycles. The lowest BCUT2D eigenvalue weighted by molar-refractivity contribution is -0.120. The maximum absolute atomic E-state index is 14.6. The number of Topliss-reactive ketones (excluding diaryl/α,β-unsaturated/α-hetero) is 1. The van der Waals surface area contributed by atoms with E-state index in [1.807, 2.05) is 49.5 Å². The molecule has 4 aromatic carbocycles. The molecule has 1 aliphatic carbocycles. The van der Waals surface area contributed by atoms with Crippen molar-refractivity contribution in [2.24, 2.45) is 0 Å². The lowest BCUT2D eigenvalue weighted by Crippen LogP contribution is -2.63. The number of thioether (sulfide) groups is 1. The van der Waals surface area contributed by atoms with Gasteiger partial charge in [0.05, 0.1) is 5.69 Å². The van der Waals surface area contributed by atoms with Crippen molar-refractivity contribution < 1.29 is 9.59 Å². The highest BCUT2D eigenvalue weighted by Gasteiger charge is 2.75. The molecule has 4 aromatic rings. The largest absolute Gasteiger partial charge is 0.324 e. The number of anilines is 1. The minimum Gasteiger partial charge on any atom is -0.324 e. The average molecular weight is 477 g/mol. The number of likely N-dealkylation sites (N-methyl/N-ethyl adjacent to an activating group) is 1. The number of carbonyl (C=O) groups is 2. The van der Waals surface area contributed by atoms with Crippen molar-refractivity contribution in [3.8, 4) is 0 Å². The molecule has 1 N–H and O–H groups in total. The SMILES string of the molecule is Cc1ccc(C2CN(C)[C@]3(C(=O)c4cccc5cccc3c45)[C@@]23Sc2ccccc2NC3=O)cc1. The van der Waals surface area contributed by atoms with E-state index in [4.69, 9.17) is 0 Å². The number of amides is 1. The van der Waals surface area contributed by atoms with Crippen molar-refractivity contribution in [1.29, 1.82) is 0 Å². The topological polar surface area (TPSA) is 49.4 Å². The van der Waals surface area contributed by atoms with Gasteiger partial charge in [0.25, 0.3) is 0 Å². The molecule has 172 valence electrons. The summed E-state index contributed by atoms with van der Waals surface area (Å²) in [5.74, 6) is -0.266. The summed E-state index contributed by atoms with van der Waals surface area (Å²) < 4.78 is -1.07. The Balaban J connectivity index is 1.58. The summed E-state index contributed by atoms with van der Waals surface area (Å²) in [5, 5.41) is 5.23. The molecule has 3 aliphatic rings. The second-order valence-electron chi connectivity index (χ2n) is 9.88. The molecule has 1 amide bonds. The molecule has 0 bridgehead atoms. The molecule has 5 heteroatoms. The Hall–Kier alpha value is -3.41. The third-order valence-electron chi connectivity index (χ3n) is 8.15. The molecule has 2 aliphatic heterocycles. The Morgan fingerprint density at radius 1 is 0.914 bits per heavy atom. The van der Waals surface area contributed by atoms with Crippen LogP contribution in [0.2, 0.25) is 0 Å². The number of rotatable bonds is 1. The molecule has 3 atom stereocenters. The molecule has 1 fully saturated rings. The fourth-order valence-electron chi connectivity index (χ4n) is 6.67. The number of benzene rings is 4. The normalized spacial score (nSPS) is 27.1. The van der Waals surface area contributed by atoms with Gasteiger partial charge in [-0.15, -0.1) is 11.8 Å². The summed E-state index contributed by atoms with van der Waals surface area (Å²) in [4.78, 5) is 32.2. The minimum atomic E-state index is -1.12. The molecule has 0 radical (unpaired) electrons. The number of nitrogens with zero attached hydrogens (tertiary/aromatic N) is 1. The zero-order chi connectivity index (χ0) is 23.9. The van der Waals surface area contributed by atoms with Gasteiger partial charge in [0.2, 0.25) is 5.91 Å². The Morgan fingerprint density at radius 2 is 1.66 bits per heavy atom. The maximum Gasteiger partial charge on any atom is 0.244 e. The highest BCUT2D eigenvalue weighted by molar-refractivity contribution is 8.02. The van der Waals surface area contributed by atoms with E-state index in [0.717, 1.165) is 32.5 Å². The summed E-state index contributed by atoms with van der Waals surface area (Å²) in [5.41, 5.74) is 3.59. The summed E-state index contributed by atoms with van der Waals surface area (Å²) >= 11 is 1.57. The molecule has 7 rings (SSSR count). The van der Waals surface area contributed by atoms with Gasteiger partial charge in [-0.3, -0.25) is 14.5 Å². The van der Waals surface area contributed by atoms with Crippen molar-refractivity contribution in [3.63, 3.8) is 0 Å². The number of nitrogens with one attached hydrogen (secondary N) is 1. The second kappa shape index (κ2) is 7.06. The first-order valence-corrected chi connectivity index (χ1v) is 12.7. The third-order valence-corrected chi connectivity index (χ3v) is 9.81. The zero-order valence-electron chi connectivity index (χ0n) is 19.5. The Labute approximate surface area is 208 Å². The molecule has 0 saturated carbocycles. The standard InChI is InChI=1S/C30H24N2O2S/c1-18-13-15-19(16-14-18)23-17-32(2)29(30(23)28(34)31-24-11-3-4-12-25(24)35-30)22-10-6-8-20-7-5-9-21(26(20)22)27(29)33/h3-16,23H,17H2,1-2H3,(H,31,34)/t23?,29-,30-/m1/s1. The van der Waals surface area contributed by atoms with Gasteiger partial charge < -0.3 is 5.32 Å². The van der Waals surface area contributed by atoms with Crippen LogP contribution < -0.4 is 5.32 Å². The Bertz CT molecular complexity index is 1560. The van der Waals surface area contributed by atoms with Crippen LogP contribution in [0, 0.1) is 6.92 Å². The number of hydrogen-bond acceptors (Lipinski definition) is 4. The van der Waals surface area contributed by atoms with Gasteiger partial charge >= 0.3 is 0 Å². The molecular weight excluding hydrogens is 452 g/mol. The van der Waals surface area contributed by atoms with Crippen LogP contribution >= 0.6 is 11.8 Å². The van der Waals surface area contributed by atoms with Crippen molar-refractivity contribution >= 4 is 39.9 Å². The Kier molecular flexibility index (Phi) is 4.22. The van der Waals surface area contributed by atoms with Crippen LogP contribution in [0.15, 0.2) is 89.8 Å². The maximum atomic E-state index is 14.6. The monoisotopic (exact) mass is 476 g/mol. The lowest BCUT2D eigenvalue weighted by Gasteiger charge is -2.48. The number of carbonyl (C=O) groups excluding carboxylic acids is 2. The first-order valence-electron chi connectivity index (χ1n) is 11.9. The van der Waals surface area contributed by atoms with E-state index in [9.17, 15) is 9.59 Å². The highest BCUT2D eigenvalue weighted by atomic mass is 32.2. The van der Waals surface area contributed by atoms with Gasteiger partial charge in [-0.2, -0.15) is 0 Å². The van der Waals surface area contributed by atoms with Crippen molar-refractivity contribution in [1.82, 2.24) is 4.90 Å². The van der Waals surface area contributed by atoms with Gasteiger partial charge in [-0.1, -0.05) is 78.4 Å². The van der Waals surface area contributed by atoms with Crippen molar-refractivity contribution in [2.75, 3.05) is 18.9 Å². The molecule has 4 nitrogen and oxygen atoms in total. The first kappa shape index (κ1) is 20.9. The summed E-state index contributed by atoms with van der Waals surface area (Å²) in [7, 11) is 2.01. The van der Waals surface area contributed by atoms with Gasteiger partial charge in [0.15, 0.2) is 5.78 Å². The number of para-hydroxylation sites is 1. The zero-order valence-corrected chi connectivity index (χ0v) is 20.4. The molecule has 2 spiro atoms. The molecular formula is C30H24N2O2S. The van der Waals surface area contributed by atoms with Gasteiger partial charge in [0.1, 0.15) is 10.3 Å². The van der Waals surface area contributed by atoms with E-state index in [0.29, 0.717) is 12.1 Å². The van der Waals surface area contributed by atoms with Gasteiger partial charge in [-0.05, 0) is 48.0 Å². The van der Waals surface area contributed by atoms with Crippen LogP contribution in [0.1, 0.15) is 33.0 Å². The predicted octanol–water partition coefficient (Wildman–Crippen LogP) is 5.75. The lowest BCUT2D eigenvalue weighted by atomic mass is 9.71. The third kappa shape index (κ3) is 2.42. The average Bonchev–Trinajstić information content (AvgIpc) is 3.28. The minimum absolute atomic E-state index is 0.0171. The number of ketones is 1. The number of aryl methyl sites for hydroxylation is 1. The van der Waals surface area contributed by atoms with E-state index < -0.39 is 10.3 Å². The molecule has 35 heavy (non-hydrogen) atoms. The summed E-state index contributed by atoms with van der Waals surface area (Å²) in [6.45, 7) is 2.67. The van der Waals surface area contributed by atoms with Crippen LogP contribution in [0.4, 0.5) is 5.69 Å². The quantitative estimate of drug-likeness (QED) is 0.380. The fourth-order valence-corrected chi connectivity index (χ4v) is 8.40. The van der Waals surface area contributed by atoms with Crippen LogP contribution in [0.3, 0.4) is 0 Å². The van der Waals surface area contributed by atoms with E-state index in [2.05, 4.69) is 59.6 Å². The summed E-state index contributed by atoms with van der Waals surface area (Å²) in [6.07, 6.45) is 0. The van der Waals surface area contributed by atoms with E-state index >= 15 is 0 Å². The summed E-state index contributed by atoms with van der Waals surface area (Å²) in [6, 6.07) is 28.4. The van der Waals surface area contributed by atoms with Crippen LogP contribution in [0.25, 0.3) is 10.8 Å². The van der Waals surface area contributed by atoms with E-state index in [1.165, 1.54) is 5.56 Å². The van der Waals surface area contributed by atoms with E-state index in [1.54, 1.807) is 11.8 Å². The van der Waals surface area contributed by atoms with Crippen molar-refractivity contribution in [3.05, 3.63) is 107 Å². The van der Waals surface area contributed by atoms with Crippen LogP contribution in [0.5, 0.6) is 0 Å².